The third-order valence-corrected chi connectivity index (χ3v) is 7.72. The van der Waals surface area contributed by atoms with Gasteiger partial charge in [0.2, 0.25) is 0 Å². The standard InChI is InChI=1S/C15H22N2O18P2/c18-5-1-2-17(15(26)16-5)12-9(22)6(19)4(32-12)3-31-36(27,28)35-37(29,30)34-14-10(23)7(20)8(21)11(33-14)13(24)25/h1-2,4,6-12,14,19-23H,3H2,(H,24,25)(H,27,28)(H,29,30)(H,16,18,26)/t4-,6-,7+,8+,9-,10+,11+,12-,14-/m1/s1. The largest absolute Gasteiger partial charge is 0.483 e. The molecule has 2 unspecified atom stereocenters. The molecule has 0 radical (unpaired) electrons. The second-order valence-corrected chi connectivity index (χ2v) is 10.7. The molecule has 2 fully saturated rings. The summed E-state index contributed by atoms with van der Waals surface area (Å²) < 4.78 is 47.6. The minimum absolute atomic E-state index is 0.700. The fourth-order valence-electron chi connectivity index (χ4n) is 3.34. The highest BCUT2D eigenvalue weighted by molar-refractivity contribution is 7.61. The van der Waals surface area contributed by atoms with Gasteiger partial charge in [0.15, 0.2) is 18.6 Å². The maximum absolute atomic E-state index is 12.2. The summed E-state index contributed by atoms with van der Waals surface area (Å²) >= 11 is 0. The van der Waals surface area contributed by atoms with Gasteiger partial charge in [-0.3, -0.25) is 23.4 Å². The fourth-order valence-corrected chi connectivity index (χ4v) is 5.49. The summed E-state index contributed by atoms with van der Waals surface area (Å²) in [4.78, 5) is 55.5. The average Bonchev–Trinajstić information content (AvgIpc) is 3.05. The summed E-state index contributed by atoms with van der Waals surface area (Å²) in [5.41, 5.74) is -1.78. The van der Waals surface area contributed by atoms with Crippen molar-refractivity contribution >= 4 is 21.6 Å². The lowest BCUT2D eigenvalue weighted by Crippen LogP contribution is -2.60. The van der Waals surface area contributed by atoms with E-state index >= 15 is 0 Å². The van der Waals surface area contributed by atoms with E-state index < -0.39 is 94.7 Å². The summed E-state index contributed by atoms with van der Waals surface area (Å²) in [5, 5.41) is 58.3. The number of aliphatic carboxylic acids is 1. The van der Waals surface area contributed by atoms with Crippen molar-refractivity contribution in [2.24, 2.45) is 0 Å². The highest BCUT2D eigenvalue weighted by Gasteiger charge is 2.51. The Bertz CT molecular complexity index is 1200. The van der Waals surface area contributed by atoms with Crippen LogP contribution in [-0.2, 0) is 36.8 Å². The molecular weight excluding hydrogens is 558 g/mol. The van der Waals surface area contributed by atoms with Crippen LogP contribution in [0.25, 0.3) is 0 Å². The molecular formula is C15H22N2O18P2. The first-order chi connectivity index (χ1) is 17.0. The van der Waals surface area contributed by atoms with Crippen LogP contribution in [0.5, 0.6) is 0 Å². The number of ether oxygens (including phenoxy) is 2. The topological polar surface area (TPSA) is 314 Å². The molecule has 0 aromatic carbocycles. The number of H-pyrrole nitrogens is 1. The Morgan fingerprint density at radius 1 is 0.973 bits per heavy atom. The number of nitrogens with zero attached hydrogens (tertiary/aromatic N) is 1. The minimum atomic E-state index is -5.72. The first-order valence-corrected chi connectivity index (χ1v) is 13.0. The Hall–Kier alpha value is -1.87. The maximum atomic E-state index is 12.2. The molecule has 3 heterocycles. The number of aromatic amines is 1. The number of carboxylic acid groups (broad SMARTS) is 1. The molecule has 22 heteroatoms. The van der Waals surface area contributed by atoms with Gasteiger partial charge in [0, 0.05) is 12.3 Å². The number of carbonyl (C=O) groups is 1. The molecule has 37 heavy (non-hydrogen) atoms. The summed E-state index contributed by atoms with van der Waals surface area (Å²) in [7, 11) is -11.3. The van der Waals surface area contributed by atoms with Crippen molar-refractivity contribution in [1.82, 2.24) is 9.55 Å². The second kappa shape index (κ2) is 11.1. The molecule has 2 saturated heterocycles. The van der Waals surface area contributed by atoms with Gasteiger partial charge in [0.05, 0.1) is 6.61 Å². The monoisotopic (exact) mass is 580 g/mol. The zero-order valence-corrected chi connectivity index (χ0v) is 19.8. The average molecular weight is 580 g/mol. The molecule has 0 bridgehead atoms. The van der Waals surface area contributed by atoms with Crippen LogP contribution in [0.15, 0.2) is 21.9 Å². The van der Waals surface area contributed by atoms with Gasteiger partial charge in [-0.1, -0.05) is 0 Å². The summed E-state index contributed by atoms with van der Waals surface area (Å²) in [6.45, 7) is -1.07. The lowest BCUT2D eigenvalue weighted by atomic mass is 9.99. The van der Waals surface area contributed by atoms with Gasteiger partial charge in [-0.15, -0.1) is 0 Å². The van der Waals surface area contributed by atoms with Gasteiger partial charge in [-0.2, -0.15) is 4.31 Å². The van der Waals surface area contributed by atoms with E-state index in [1.54, 1.807) is 0 Å². The molecule has 0 aliphatic carbocycles. The molecule has 2 aliphatic heterocycles. The van der Waals surface area contributed by atoms with E-state index in [0.717, 1.165) is 12.3 Å². The van der Waals surface area contributed by atoms with Crippen molar-refractivity contribution in [2.75, 3.05) is 6.61 Å². The van der Waals surface area contributed by atoms with Gasteiger partial charge < -0.3 is 49.9 Å². The molecule has 9 N–H and O–H groups in total. The van der Waals surface area contributed by atoms with Gasteiger partial charge in [0.1, 0.15) is 36.6 Å². The van der Waals surface area contributed by atoms with Crippen LogP contribution >= 0.6 is 15.6 Å². The van der Waals surface area contributed by atoms with Crippen LogP contribution in [0.1, 0.15) is 6.23 Å². The lowest BCUT2D eigenvalue weighted by Gasteiger charge is -2.38. The zero-order valence-electron chi connectivity index (χ0n) is 18.1. The predicted molar refractivity (Wildman–Crippen MR) is 109 cm³/mol. The highest BCUT2D eigenvalue weighted by Crippen LogP contribution is 2.61. The Balaban J connectivity index is 1.63. The highest BCUT2D eigenvalue weighted by atomic mass is 31.3. The molecule has 0 saturated carbocycles. The van der Waals surface area contributed by atoms with Crippen molar-refractivity contribution in [2.45, 2.75) is 55.2 Å². The number of rotatable bonds is 9. The molecule has 0 amide bonds. The van der Waals surface area contributed by atoms with Gasteiger partial charge >= 0.3 is 27.3 Å². The number of hydrogen-bond acceptors (Lipinski definition) is 15. The summed E-state index contributed by atoms with van der Waals surface area (Å²) in [6, 6.07) is 0.910. The molecule has 3 rings (SSSR count). The zero-order chi connectivity index (χ0) is 27.9. The van der Waals surface area contributed by atoms with Crippen LogP contribution in [-0.4, -0.2) is 112 Å². The number of aliphatic hydroxyl groups is 5. The van der Waals surface area contributed by atoms with E-state index in [-0.39, 0.29) is 0 Å². The van der Waals surface area contributed by atoms with Crippen molar-refractivity contribution in [3.63, 3.8) is 0 Å². The number of phosphoric ester groups is 2. The quantitative estimate of drug-likeness (QED) is 0.124. The molecule has 1 aromatic rings. The first-order valence-electron chi connectivity index (χ1n) is 9.98. The van der Waals surface area contributed by atoms with E-state index in [1.165, 1.54) is 0 Å². The minimum Gasteiger partial charge on any atom is -0.479 e. The van der Waals surface area contributed by atoms with Crippen LogP contribution in [0, 0.1) is 0 Å². The van der Waals surface area contributed by atoms with Crippen LogP contribution < -0.4 is 11.2 Å². The Labute approximate surface area is 204 Å². The van der Waals surface area contributed by atoms with Gasteiger partial charge in [-0.05, 0) is 0 Å². The SMILES string of the molecule is O=C(O)[C@H]1O[C@H](OP(=O)(O)OP(=O)(O)OC[C@H]2O[C@@H](n3ccc(=O)[nH]c3=O)[C@H](O)[C@@H]2O)[C@@H](O)[C@@H](O)[C@@H]1O. The first kappa shape index (κ1) is 29.7. The van der Waals surface area contributed by atoms with E-state index in [0.29, 0.717) is 4.57 Å². The van der Waals surface area contributed by atoms with Crippen molar-refractivity contribution in [1.29, 1.82) is 0 Å². The number of aromatic nitrogens is 2. The molecule has 0 spiro atoms. The molecule has 11 atom stereocenters. The summed E-state index contributed by atoms with van der Waals surface area (Å²) in [6.07, 6.45) is -17.2. The molecule has 2 aliphatic rings. The third-order valence-electron chi connectivity index (χ3n) is 5.12. The number of phosphoric acid groups is 2. The van der Waals surface area contributed by atoms with Crippen molar-refractivity contribution in [3.8, 4) is 0 Å². The number of nitrogens with one attached hydrogen (secondary N) is 1. The number of aliphatic hydroxyl groups excluding tert-OH is 5. The second-order valence-electron chi connectivity index (χ2n) is 7.72. The van der Waals surface area contributed by atoms with Gasteiger partial charge in [-0.25, -0.2) is 18.7 Å². The summed E-state index contributed by atoms with van der Waals surface area (Å²) in [5.74, 6) is -1.85. The van der Waals surface area contributed by atoms with E-state index in [1.807, 2.05) is 4.98 Å². The maximum Gasteiger partial charge on any atom is 0.483 e. The molecule has 210 valence electrons. The van der Waals surface area contributed by atoms with Crippen LogP contribution in [0.4, 0.5) is 0 Å². The van der Waals surface area contributed by atoms with E-state index in [9.17, 15) is 58.8 Å². The Morgan fingerprint density at radius 3 is 2.22 bits per heavy atom. The predicted octanol–water partition coefficient (Wildman–Crippen LogP) is -4.70. The van der Waals surface area contributed by atoms with Crippen molar-refractivity contribution in [3.05, 3.63) is 33.1 Å². The molecule has 1 aromatic heterocycles. The van der Waals surface area contributed by atoms with Crippen LogP contribution in [0.2, 0.25) is 0 Å². The third kappa shape index (κ3) is 6.77. The van der Waals surface area contributed by atoms with Crippen LogP contribution in [0.3, 0.4) is 0 Å². The molecule has 20 nitrogen and oxygen atoms in total. The Morgan fingerprint density at radius 2 is 1.62 bits per heavy atom. The normalized spacial score (nSPS) is 37.5. The fraction of sp³-hybridized carbons (Fsp3) is 0.667. The number of carboxylic acids is 1. The van der Waals surface area contributed by atoms with E-state index in [2.05, 4.69) is 18.1 Å². The lowest BCUT2D eigenvalue weighted by molar-refractivity contribution is -0.274. The number of hydrogen-bond donors (Lipinski definition) is 9. The Kier molecular flexibility index (Phi) is 8.89. The van der Waals surface area contributed by atoms with Crippen molar-refractivity contribution < 1.29 is 77.2 Å². The smallest absolute Gasteiger partial charge is 0.479 e. The van der Waals surface area contributed by atoms with E-state index in [4.69, 9.17) is 9.84 Å². The van der Waals surface area contributed by atoms with Gasteiger partial charge in [0.25, 0.3) is 5.56 Å².